The van der Waals surface area contributed by atoms with E-state index in [4.69, 9.17) is 28.2 Å². The number of nitrogens with zero attached hydrogens (tertiary/aromatic N) is 2. The van der Waals surface area contributed by atoms with Crippen LogP contribution in [-0.2, 0) is 17.8 Å². The van der Waals surface area contributed by atoms with Crippen molar-refractivity contribution in [1.82, 2.24) is 14.9 Å². The first-order chi connectivity index (χ1) is 15.4. The van der Waals surface area contributed by atoms with Crippen LogP contribution in [0.15, 0.2) is 72.8 Å². The molecule has 0 aliphatic heterocycles. The summed E-state index contributed by atoms with van der Waals surface area (Å²) >= 11 is 11.9. The fourth-order valence-electron chi connectivity index (χ4n) is 3.61. The summed E-state index contributed by atoms with van der Waals surface area (Å²) in [6.45, 7) is 1.97. The topological polar surface area (TPSA) is 64.0 Å². The van der Waals surface area contributed by atoms with E-state index in [0.29, 0.717) is 21.4 Å². The molecule has 7 heteroatoms. The summed E-state index contributed by atoms with van der Waals surface area (Å²) in [6.07, 6.45) is 0.228. The van der Waals surface area contributed by atoms with Gasteiger partial charge in [-0.15, -0.1) is 0 Å². The van der Waals surface area contributed by atoms with Gasteiger partial charge in [0.1, 0.15) is 5.82 Å². The van der Waals surface area contributed by atoms with Gasteiger partial charge in [0.2, 0.25) is 5.91 Å². The number of benzene rings is 3. The summed E-state index contributed by atoms with van der Waals surface area (Å²) < 4.78 is 1.86. The van der Waals surface area contributed by atoms with Crippen molar-refractivity contribution in [3.05, 3.63) is 99.8 Å². The molecule has 162 valence electrons. The minimum atomic E-state index is -0.389. The van der Waals surface area contributed by atoms with Gasteiger partial charge < -0.3 is 9.88 Å². The highest BCUT2D eigenvalue weighted by Gasteiger charge is 2.20. The van der Waals surface area contributed by atoms with Crippen LogP contribution in [0.1, 0.15) is 34.7 Å². The highest BCUT2D eigenvalue weighted by atomic mass is 35.5. The van der Waals surface area contributed by atoms with E-state index in [0.717, 1.165) is 16.6 Å². The Morgan fingerprint density at radius 2 is 1.56 bits per heavy atom. The molecule has 0 aliphatic carbocycles. The zero-order chi connectivity index (χ0) is 22.7. The second-order valence-electron chi connectivity index (χ2n) is 7.57. The second kappa shape index (κ2) is 9.55. The van der Waals surface area contributed by atoms with Crippen LogP contribution in [0.25, 0.3) is 11.0 Å². The van der Waals surface area contributed by atoms with Crippen LogP contribution in [0.4, 0.5) is 0 Å². The van der Waals surface area contributed by atoms with Crippen LogP contribution in [0, 0.1) is 0 Å². The van der Waals surface area contributed by atoms with Gasteiger partial charge in [-0.3, -0.25) is 9.59 Å². The lowest BCUT2D eigenvalue weighted by molar-refractivity contribution is -0.121. The lowest BCUT2D eigenvalue weighted by atomic mass is 10.1. The van der Waals surface area contributed by atoms with Crippen molar-refractivity contribution in [3.63, 3.8) is 0 Å². The molecule has 1 N–H and O–H groups in total. The van der Waals surface area contributed by atoms with Crippen LogP contribution in [0.2, 0.25) is 10.0 Å². The Labute approximate surface area is 196 Å². The average molecular weight is 466 g/mol. The summed E-state index contributed by atoms with van der Waals surface area (Å²) in [6, 6.07) is 21.2. The molecule has 0 spiro atoms. The zero-order valence-electron chi connectivity index (χ0n) is 17.4. The molecule has 32 heavy (non-hydrogen) atoms. The van der Waals surface area contributed by atoms with Crippen LogP contribution in [0.5, 0.6) is 0 Å². The molecule has 1 unspecified atom stereocenters. The Bertz CT molecular complexity index is 1260. The maximum atomic E-state index is 12.9. The van der Waals surface area contributed by atoms with E-state index in [9.17, 15) is 9.59 Å². The van der Waals surface area contributed by atoms with Gasteiger partial charge >= 0.3 is 0 Å². The summed E-state index contributed by atoms with van der Waals surface area (Å²) in [5, 5.41) is 4.20. The third-order valence-corrected chi connectivity index (χ3v) is 5.70. The van der Waals surface area contributed by atoms with Crippen molar-refractivity contribution >= 4 is 45.9 Å². The summed E-state index contributed by atoms with van der Waals surface area (Å²) in [4.78, 5) is 30.3. The quantitative estimate of drug-likeness (QED) is 0.358. The van der Waals surface area contributed by atoms with Crippen molar-refractivity contribution in [2.75, 3.05) is 0 Å². The van der Waals surface area contributed by atoms with Crippen molar-refractivity contribution in [2.45, 2.75) is 25.9 Å². The first-order valence-corrected chi connectivity index (χ1v) is 10.9. The summed E-state index contributed by atoms with van der Waals surface area (Å²) in [7, 11) is 0. The molecule has 1 atom stereocenters. The Balaban J connectivity index is 1.57. The number of imidazole rings is 1. The molecular formula is C25H21Cl2N3O2. The lowest BCUT2D eigenvalue weighted by Gasteiger charge is -2.16. The molecule has 0 saturated carbocycles. The molecule has 4 rings (SSSR count). The number of carbonyl (C=O) groups is 2. The maximum absolute atomic E-state index is 12.9. The number of halogens is 2. The molecule has 1 heterocycles. The van der Waals surface area contributed by atoms with Gasteiger partial charge in [0.25, 0.3) is 0 Å². The number of hydrogen-bond donors (Lipinski definition) is 1. The van der Waals surface area contributed by atoms with Crippen LogP contribution >= 0.6 is 23.2 Å². The van der Waals surface area contributed by atoms with Crippen molar-refractivity contribution < 1.29 is 9.59 Å². The number of hydrogen-bond acceptors (Lipinski definition) is 3. The van der Waals surface area contributed by atoms with E-state index < -0.39 is 0 Å². The number of amides is 1. The monoisotopic (exact) mass is 465 g/mol. The number of fused-ring (bicyclic) bond motifs is 1. The maximum Gasteiger partial charge on any atom is 0.224 e. The highest BCUT2D eigenvalue weighted by molar-refractivity contribution is 6.30. The minimum Gasteiger partial charge on any atom is -0.346 e. The van der Waals surface area contributed by atoms with Crippen LogP contribution < -0.4 is 5.32 Å². The Hall–Kier alpha value is -3.15. The molecule has 3 aromatic carbocycles. The van der Waals surface area contributed by atoms with Gasteiger partial charge in [0.05, 0.1) is 30.0 Å². The number of ketones is 1. The zero-order valence-corrected chi connectivity index (χ0v) is 18.9. The number of rotatable bonds is 7. The number of aromatic nitrogens is 2. The standard InChI is InChI=1S/C25H21Cl2N3O2/c1-16(28-24(32)14-17-6-10-19(26)11-7-17)25-29-21-4-2-3-5-22(21)30(25)15-23(31)18-8-12-20(27)13-9-18/h2-13,16H,14-15H2,1H3,(H,28,32). The SMILES string of the molecule is CC(NC(=O)Cc1ccc(Cl)cc1)c1nc2ccccc2n1CC(=O)c1ccc(Cl)cc1. The number of para-hydroxylation sites is 2. The lowest BCUT2D eigenvalue weighted by Crippen LogP contribution is -2.30. The van der Waals surface area contributed by atoms with E-state index in [1.54, 1.807) is 36.4 Å². The van der Waals surface area contributed by atoms with Crippen molar-refractivity contribution in [3.8, 4) is 0 Å². The van der Waals surface area contributed by atoms with Gasteiger partial charge in [-0.25, -0.2) is 4.98 Å². The fourth-order valence-corrected chi connectivity index (χ4v) is 3.86. The van der Waals surface area contributed by atoms with Crippen molar-refractivity contribution in [2.24, 2.45) is 0 Å². The predicted molar refractivity (Wildman–Crippen MR) is 127 cm³/mol. The van der Waals surface area contributed by atoms with E-state index in [-0.39, 0.29) is 30.7 Å². The molecular weight excluding hydrogens is 445 g/mol. The molecule has 0 fully saturated rings. The Morgan fingerprint density at radius 3 is 2.25 bits per heavy atom. The molecule has 0 radical (unpaired) electrons. The first-order valence-electron chi connectivity index (χ1n) is 10.2. The van der Waals surface area contributed by atoms with Crippen LogP contribution in [-0.4, -0.2) is 21.2 Å². The van der Waals surface area contributed by atoms with Crippen LogP contribution in [0.3, 0.4) is 0 Å². The molecule has 1 amide bonds. The van der Waals surface area contributed by atoms with Gasteiger partial charge in [-0.1, -0.05) is 47.5 Å². The Kier molecular flexibility index (Phi) is 6.58. The van der Waals surface area contributed by atoms with E-state index in [1.807, 2.05) is 47.9 Å². The Morgan fingerprint density at radius 1 is 0.938 bits per heavy atom. The predicted octanol–water partition coefficient (Wildman–Crippen LogP) is 5.65. The molecule has 4 aromatic rings. The molecule has 5 nitrogen and oxygen atoms in total. The van der Waals surface area contributed by atoms with E-state index in [1.165, 1.54) is 0 Å². The number of Topliss-reactive ketones (excluding diaryl/α,β-unsaturated/α-hetero) is 1. The normalized spacial score (nSPS) is 12.0. The first kappa shape index (κ1) is 22.1. The average Bonchev–Trinajstić information content (AvgIpc) is 3.14. The third-order valence-electron chi connectivity index (χ3n) is 5.19. The minimum absolute atomic E-state index is 0.0641. The van der Waals surface area contributed by atoms with E-state index >= 15 is 0 Å². The van der Waals surface area contributed by atoms with Gasteiger partial charge in [0.15, 0.2) is 5.78 Å². The third kappa shape index (κ3) is 5.01. The smallest absolute Gasteiger partial charge is 0.224 e. The van der Waals surface area contributed by atoms with Gasteiger partial charge in [0, 0.05) is 15.6 Å². The summed E-state index contributed by atoms with van der Waals surface area (Å²) in [5.74, 6) is 0.422. The largest absolute Gasteiger partial charge is 0.346 e. The highest BCUT2D eigenvalue weighted by Crippen LogP contribution is 2.22. The second-order valence-corrected chi connectivity index (χ2v) is 8.44. The van der Waals surface area contributed by atoms with E-state index in [2.05, 4.69) is 5.32 Å². The number of nitrogens with one attached hydrogen (secondary N) is 1. The molecule has 0 saturated heterocycles. The number of carbonyl (C=O) groups excluding carboxylic acids is 2. The molecule has 0 bridgehead atoms. The van der Waals surface area contributed by atoms with Gasteiger partial charge in [-0.05, 0) is 61.0 Å². The molecule has 1 aromatic heterocycles. The fraction of sp³-hybridized carbons (Fsp3) is 0.160. The molecule has 0 aliphatic rings. The summed E-state index contributed by atoms with van der Waals surface area (Å²) in [5.41, 5.74) is 3.04. The van der Waals surface area contributed by atoms with Gasteiger partial charge in [-0.2, -0.15) is 0 Å². The van der Waals surface area contributed by atoms with Crippen molar-refractivity contribution in [1.29, 1.82) is 0 Å².